The SMILES string of the molecule is NC(=O)Nc1ncccc1CNc1ccnc(-c2cncc(C(F)(F)F)c2)n1. The Labute approximate surface area is 157 Å². The molecule has 3 aromatic rings. The maximum atomic E-state index is 12.9. The standard InChI is InChI=1S/C17H14F3N7O/c18-17(19,20)12-6-11(7-22-9-12)15-24-5-3-13(26-15)25-8-10-2-1-4-23-14(10)27-16(21)28/h1-7,9H,8H2,(H,24,25,26)(H3,21,23,27,28). The van der Waals surface area contributed by atoms with Crippen LogP contribution in [0.1, 0.15) is 11.1 Å². The molecule has 2 amide bonds. The van der Waals surface area contributed by atoms with Gasteiger partial charge in [-0.05, 0) is 18.2 Å². The molecular formula is C17H14F3N7O. The lowest BCUT2D eigenvalue weighted by molar-refractivity contribution is -0.137. The second kappa shape index (κ2) is 7.86. The second-order valence-corrected chi connectivity index (χ2v) is 5.58. The van der Waals surface area contributed by atoms with Crippen LogP contribution < -0.4 is 16.4 Å². The molecule has 11 heteroatoms. The molecule has 8 nitrogen and oxygen atoms in total. The molecule has 0 aromatic carbocycles. The summed E-state index contributed by atoms with van der Waals surface area (Å²) in [6.07, 6.45) is 0.392. The number of carbonyl (C=O) groups is 1. The third-order valence-electron chi connectivity index (χ3n) is 3.57. The van der Waals surface area contributed by atoms with Gasteiger partial charge in [0.1, 0.15) is 11.6 Å². The summed E-state index contributed by atoms with van der Waals surface area (Å²) in [4.78, 5) is 26.9. The van der Waals surface area contributed by atoms with E-state index >= 15 is 0 Å². The van der Waals surface area contributed by atoms with E-state index in [1.54, 1.807) is 18.2 Å². The minimum absolute atomic E-state index is 0.0882. The summed E-state index contributed by atoms with van der Waals surface area (Å²) in [5.74, 6) is 0.750. The van der Waals surface area contributed by atoms with Crippen LogP contribution in [0.4, 0.5) is 29.6 Å². The van der Waals surface area contributed by atoms with Gasteiger partial charge < -0.3 is 11.1 Å². The van der Waals surface area contributed by atoms with Crippen molar-refractivity contribution in [3.8, 4) is 11.4 Å². The minimum atomic E-state index is -4.51. The maximum absolute atomic E-state index is 12.9. The number of hydrogen-bond acceptors (Lipinski definition) is 6. The summed E-state index contributed by atoms with van der Waals surface area (Å²) in [6, 6.07) is 5.15. The molecule has 0 unspecified atom stereocenters. The first-order chi connectivity index (χ1) is 13.3. The fourth-order valence-electron chi connectivity index (χ4n) is 2.31. The van der Waals surface area contributed by atoms with Crippen LogP contribution >= 0.6 is 0 Å². The molecule has 0 aliphatic rings. The smallest absolute Gasteiger partial charge is 0.366 e. The van der Waals surface area contributed by atoms with Crippen molar-refractivity contribution in [1.29, 1.82) is 0 Å². The van der Waals surface area contributed by atoms with Gasteiger partial charge in [-0.15, -0.1) is 0 Å². The van der Waals surface area contributed by atoms with Crippen LogP contribution in [0.25, 0.3) is 11.4 Å². The molecule has 0 aliphatic heterocycles. The van der Waals surface area contributed by atoms with E-state index in [0.717, 1.165) is 12.3 Å². The van der Waals surface area contributed by atoms with Crippen molar-refractivity contribution in [2.75, 3.05) is 10.6 Å². The van der Waals surface area contributed by atoms with E-state index < -0.39 is 17.8 Å². The van der Waals surface area contributed by atoms with Crippen molar-refractivity contribution in [1.82, 2.24) is 19.9 Å². The van der Waals surface area contributed by atoms with Crippen molar-refractivity contribution >= 4 is 17.7 Å². The summed E-state index contributed by atoms with van der Waals surface area (Å²) in [5.41, 5.74) is 5.00. The zero-order valence-electron chi connectivity index (χ0n) is 14.2. The van der Waals surface area contributed by atoms with Crippen LogP contribution in [0.3, 0.4) is 0 Å². The fourth-order valence-corrected chi connectivity index (χ4v) is 2.31. The number of nitrogens with one attached hydrogen (secondary N) is 2. The summed E-state index contributed by atoms with van der Waals surface area (Å²) < 4.78 is 38.6. The highest BCUT2D eigenvalue weighted by molar-refractivity contribution is 5.87. The Balaban J connectivity index is 1.79. The average molecular weight is 389 g/mol. The molecule has 144 valence electrons. The Morgan fingerprint density at radius 1 is 1.14 bits per heavy atom. The normalized spacial score (nSPS) is 11.1. The number of nitrogens with two attached hydrogens (primary N) is 1. The summed E-state index contributed by atoms with van der Waals surface area (Å²) in [5, 5.41) is 5.41. The highest BCUT2D eigenvalue weighted by Crippen LogP contribution is 2.30. The number of nitrogens with zero attached hydrogens (tertiary/aromatic N) is 4. The molecule has 3 rings (SSSR count). The van der Waals surface area contributed by atoms with Gasteiger partial charge in [0.2, 0.25) is 0 Å². The molecule has 0 atom stereocenters. The highest BCUT2D eigenvalue weighted by atomic mass is 19.4. The Hall–Kier alpha value is -3.76. The quantitative estimate of drug-likeness (QED) is 0.617. The highest BCUT2D eigenvalue weighted by Gasteiger charge is 2.31. The molecule has 3 aromatic heterocycles. The van der Waals surface area contributed by atoms with Crippen LogP contribution in [0.15, 0.2) is 49.1 Å². The molecule has 0 radical (unpaired) electrons. The van der Waals surface area contributed by atoms with Gasteiger partial charge in [0, 0.05) is 42.5 Å². The molecule has 0 saturated carbocycles. The zero-order valence-corrected chi connectivity index (χ0v) is 14.2. The molecule has 0 fully saturated rings. The van der Waals surface area contributed by atoms with Crippen LogP contribution in [0.2, 0.25) is 0 Å². The van der Waals surface area contributed by atoms with Crippen LogP contribution in [-0.2, 0) is 12.7 Å². The number of amides is 2. The van der Waals surface area contributed by atoms with Gasteiger partial charge in [-0.25, -0.2) is 19.7 Å². The second-order valence-electron chi connectivity index (χ2n) is 5.58. The van der Waals surface area contributed by atoms with Crippen molar-refractivity contribution in [3.05, 3.63) is 60.2 Å². The third kappa shape index (κ3) is 4.69. The summed E-state index contributed by atoms with van der Waals surface area (Å²) in [6.45, 7) is 0.237. The predicted molar refractivity (Wildman–Crippen MR) is 95.0 cm³/mol. The molecule has 0 bridgehead atoms. The number of alkyl halides is 3. The number of halogens is 3. The summed E-state index contributed by atoms with van der Waals surface area (Å²) >= 11 is 0. The van der Waals surface area contributed by atoms with Gasteiger partial charge >= 0.3 is 12.2 Å². The Morgan fingerprint density at radius 2 is 1.96 bits per heavy atom. The number of primary amides is 1. The van der Waals surface area contributed by atoms with Gasteiger partial charge in [0.15, 0.2) is 5.82 Å². The largest absolute Gasteiger partial charge is 0.417 e. The van der Waals surface area contributed by atoms with Gasteiger partial charge in [0.05, 0.1) is 5.56 Å². The van der Waals surface area contributed by atoms with Crippen LogP contribution in [0.5, 0.6) is 0 Å². The van der Waals surface area contributed by atoms with Crippen molar-refractivity contribution in [2.24, 2.45) is 5.73 Å². The van der Waals surface area contributed by atoms with E-state index in [4.69, 9.17) is 5.73 Å². The average Bonchev–Trinajstić information content (AvgIpc) is 2.66. The molecule has 0 spiro atoms. The number of urea groups is 1. The van der Waals surface area contributed by atoms with Gasteiger partial charge in [0.25, 0.3) is 0 Å². The van der Waals surface area contributed by atoms with E-state index in [-0.39, 0.29) is 17.9 Å². The van der Waals surface area contributed by atoms with Crippen molar-refractivity contribution < 1.29 is 18.0 Å². The lowest BCUT2D eigenvalue weighted by Gasteiger charge is -2.11. The van der Waals surface area contributed by atoms with E-state index in [9.17, 15) is 18.0 Å². The zero-order chi connectivity index (χ0) is 20.1. The topological polar surface area (TPSA) is 119 Å². The van der Waals surface area contributed by atoms with Gasteiger partial charge in [-0.3, -0.25) is 10.3 Å². The van der Waals surface area contributed by atoms with E-state index in [1.165, 1.54) is 18.6 Å². The summed E-state index contributed by atoms with van der Waals surface area (Å²) in [7, 11) is 0. The molecule has 3 heterocycles. The lowest BCUT2D eigenvalue weighted by Crippen LogP contribution is -2.21. The Bertz CT molecular complexity index is 994. The fraction of sp³-hybridized carbons (Fsp3) is 0.118. The first-order valence-corrected chi connectivity index (χ1v) is 7.93. The lowest BCUT2D eigenvalue weighted by atomic mass is 10.2. The third-order valence-corrected chi connectivity index (χ3v) is 3.57. The van der Waals surface area contributed by atoms with Gasteiger partial charge in [-0.2, -0.15) is 13.2 Å². The van der Waals surface area contributed by atoms with Crippen molar-refractivity contribution in [2.45, 2.75) is 12.7 Å². The molecule has 28 heavy (non-hydrogen) atoms. The first-order valence-electron chi connectivity index (χ1n) is 7.93. The first kappa shape index (κ1) is 19.0. The maximum Gasteiger partial charge on any atom is 0.417 e. The number of anilines is 2. The van der Waals surface area contributed by atoms with Crippen LogP contribution in [-0.4, -0.2) is 26.0 Å². The van der Waals surface area contributed by atoms with E-state index in [1.807, 2.05) is 0 Å². The minimum Gasteiger partial charge on any atom is -0.366 e. The number of pyridine rings is 2. The van der Waals surface area contributed by atoms with Gasteiger partial charge in [-0.1, -0.05) is 6.07 Å². The number of carbonyl (C=O) groups excluding carboxylic acids is 1. The number of rotatable bonds is 5. The van der Waals surface area contributed by atoms with E-state index in [2.05, 4.69) is 30.6 Å². The molecule has 0 aliphatic carbocycles. The predicted octanol–water partition coefficient (Wildman–Crippen LogP) is 3.06. The number of hydrogen-bond donors (Lipinski definition) is 3. The van der Waals surface area contributed by atoms with Crippen LogP contribution in [0, 0.1) is 0 Å². The van der Waals surface area contributed by atoms with Crippen molar-refractivity contribution in [3.63, 3.8) is 0 Å². The number of aromatic nitrogens is 4. The Kier molecular flexibility index (Phi) is 5.34. The molecule has 4 N–H and O–H groups in total. The molecular weight excluding hydrogens is 375 g/mol. The van der Waals surface area contributed by atoms with E-state index in [0.29, 0.717) is 17.2 Å². The monoisotopic (exact) mass is 389 g/mol. The molecule has 0 saturated heterocycles. The Morgan fingerprint density at radius 3 is 2.71 bits per heavy atom.